The minimum absolute atomic E-state index is 0.0211. The summed E-state index contributed by atoms with van der Waals surface area (Å²) in [5.41, 5.74) is 6.12. The molecule has 0 aliphatic carbocycles. The summed E-state index contributed by atoms with van der Waals surface area (Å²) in [7, 11) is 15.2. The second-order valence-electron chi connectivity index (χ2n) is 14.0. The van der Waals surface area contributed by atoms with Gasteiger partial charge in [0.25, 0.3) is 0 Å². The molecule has 11 heteroatoms. The Morgan fingerprint density at radius 3 is 1.04 bits per heavy atom. The van der Waals surface area contributed by atoms with Crippen LogP contribution in [0.15, 0.2) is 97.1 Å². The molecule has 0 aliphatic rings. The average molecular weight is 740 g/mol. The number of anilines is 2. The lowest BCUT2D eigenvalue weighted by Gasteiger charge is -2.27. The first-order chi connectivity index (χ1) is 25.9. The number of benzene rings is 4. The zero-order valence-electron chi connectivity index (χ0n) is 33.2. The van der Waals surface area contributed by atoms with Gasteiger partial charge in [0.05, 0.1) is 27.4 Å². The Bertz CT molecular complexity index is 1590. The normalized spacial score (nSPS) is 10.9. The third-order valence-corrected chi connectivity index (χ3v) is 9.32. The van der Waals surface area contributed by atoms with Crippen LogP contribution in [0, 0.1) is 0 Å². The molecule has 0 fully saturated rings. The van der Waals surface area contributed by atoms with Crippen molar-refractivity contribution in [1.29, 1.82) is 0 Å². The van der Waals surface area contributed by atoms with E-state index in [9.17, 15) is 9.59 Å². The van der Waals surface area contributed by atoms with Crippen LogP contribution >= 0.6 is 0 Å². The molecule has 0 saturated heterocycles. The van der Waals surface area contributed by atoms with Crippen LogP contribution < -0.4 is 19.3 Å². The lowest BCUT2D eigenvalue weighted by atomic mass is 10.1. The Morgan fingerprint density at radius 2 is 0.778 bits per heavy atom. The molecule has 4 rings (SSSR count). The van der Waals surface area contributed by atoms with E-state index in [1.807, 2.05) is 149 Å². The molecule has 0 spiro atoms. The highest BCUT2D eigenvalue weighted by atomic mass is 16.6. The second-order valence-corrected chi connectivity index (χ2v) is 14.0. The molecule has 4 aromatic rings. The molecule has 0 heterocycles. The monoisotopic (exact) mass is 739 g/mol. The lowest BCUT2D eigenvalue weighted by molar-refractivity contribution is 0.0757. The highest BCUT2D eigenvalue weighted by Crippen LogP contribution is 2.20. The van der Waals surface area contributed by atoms with Crippen LogP contribution in [0.1, 0.15) is 35.1 Å². The highest BCUT2D eigenvalue weighted by molar-refractivity contribution is 5.68. The van der Waals surface area contributed by atoms with Crippen LogP contribution in [0.2, 0.25) is 0 Å². The van der Waals surface area contributed by atoms with Gasteiger partial charge in [-0.05, 0) is 97.7 Å². The summed E-state index contributed by atoms with van der Waals surface area (Å²) in [6.07, 6.45) is 0.383. The van der Waals surface area contributed by atoms with E-state index in [0.717, 1.165) is 45.1 Å². The van der Waals surface area contributed by atoms with Crippen molar-refractivity contribution in [3.63, 3.8) is 0 Å². The highest BCUT2D eigenvalue weighted by Gasteiger charge is 2.21. The van der Waals surface area contributed by atoms with Crippen LogP contribution in [0.4, 0.5) is 21.0 Å². The zero-order chi connectivity index (χ0) is 39.0. The van der Waals surface area contributed by atoms with E-state index in [4.69, 9.17) is 18.9 Å². The number of nitrogens with zero attached hydrogens (tertiary/aromatic N) is 5. The molecule has 0 saturated carbocycles. The number of carbonyl (C=O) groups excluding carboxylic acids is 2. The fourth-order valence-corrected chi connectivity index (χ4v) is 5.92. The summed E-state index contributed by atoms with van der Waals surface area (Å²) in [6, 6.07) is 31.7. The van der Waals surface area contributed by atoms with Gasteiger partial charge >= 0.3 is 12.2 Å². The van der Waals surface area contributed by atoms with E-state index in [2.05, 4.69) is 4.90 Å². The van der Waals surface area contributed by atoms with Gasteiger partial charge in [0.1, 0.15) is 11.5 Å². The molecule has 0 radical (unpaired) electrons. The first kappa shape index (κ1) is 41.3. The zero-order valence-corrected chi connectivity index (χ0v) is 33.2. The molecular weight excluding hydrogens is 683 g/mol. The molecule has 54 heavy (non-hydrogen) atoms. The number of hydrogen-bond acceptors (Lipinski definition) is 9. The average Bonchev–Trinajstić information content (AvgIpc) is 3.17. The van der Waals surface area contributed by atoms with Crippen LogP contribution in [0.5, 0.6) is 11.5 Å². The topological polar surface area (TPSA) is 87.3 Å². The predicted molar refractivity (Wildman–Crippen MR) is 215 cm³/mol. The number of hydrogen-bond donors (Lipinski definition) is 0. The third-order valence-electron chi connectivity index (χ3n) is 9.32. The quantitative estimate of drug-likeness (QED) is 0.0970. The van der Waals surface area contributed by atoms with Crippen molar-refractivity contribution in [2.75, 3.05) is 79.5 Å². The summed E-state index contributed by atoms with van der Waals surface area (Å²) >= 11 is 0. The van der Waals surface area contributed by atoms with Gasteiger partial charge < -0.3 is 33.6 Å². The number of rotatable bonds is 19. The molecule has 2 amide bonds. The maximum Gasteiger partial charge on any atom is 0.410 e. The number of amides is 2. The minimum Gasteiger partial charge on any atom is -0.497 e. The number of carbonyl (C=O) groups is 2. The smallest absolute Gasteiger partial charge is 0.410 e. The Balaban J connectivity index is 1.35. The van der Waals surface area contributed by atoms with Gasteiger partial charge in [0.2, 0.25) is 0 Å². The summed E-state index contributed by atoms with van der Waals surface area (Å²) in [5, 5.41) is 0. The van der Waals surface area contributed by atoms with Gasteiger partial charge in [-0.1, -0.05) is 48.5 Å². The summed E-state index contributed by atoms with van der Waals surface area (Å²) in [4.78, 5) is 36.7. The van der Waals surface area contributed by atoms with E-state index in [-0.39, 0.29) is 31.4 Å². The number of ether oxygens (including phenoxy) is 4. The van der Waals surface area contributed by atoms with Crippen molar-refractivity contribution < 1.29 is 28.5 Å². The molecule has 0 aliphatic heterocycles. The fraction of sp³-hybridized carbons (Fsp3) is 0.395. The molecule has 0 unspecified atom stereocenters. The van der Waals surface area contributed by atoms with Crippen LogP contribution in [-0.4, -0.2) is 103 Å². The Labute approximate surface area is 321 Å². The van der Waals surface area contributed by atoms with Gasteiger partial charge in [-0.25, -0.2) is 9.59 Å². The van der Waals surface area contributed by atoms with Crippen LogP contribution in [-0.2, 0) is 35.7 Å². The molecular formula is C43H57N5O6. The standard InChI is InChI=1S/C43H57N5O6/c1-44(2)37-17-9-33(10-18-37)29-47(31-35-13-21-40(51-7)22-14-35)42(49)53-27-25-39(46(5)6)26-28-54-43(50)48(32-36-15-23-41(52-8)24-16-36)30-34-11-19-38(20-12-34)45(3)4/h9-24,39H,25-32H2,1-8H3. The van der Waals surface area contributed by atoms with Crippen molar-refractivity contribution in [2.24, 2.45) is 0 Å². The van der Waals surface area contributed by atoms with Gasteiger partial charge in [0.15, 0.2) is 0 Å². The van der Waals surface area contributed by atoms with Crippen LogP contribution in [0.3, 0.4) is 0 Å². The van der Waals surface area contributed by atoms with Gasteiger partial charge in [0, 0.05) is 71.8 Å². The Morgan fingerprint density at radius 1 is 0.481 bits per heavy atom. The summed E-state index contributed by atoms with van der Waals surface area (Å²) < 4.78 is 22.4. The first-order valence-corrected chi connectivity index (χ1v) is 18.2. The van der Waals surface area contributed by atoms with Crippen molar-refractivity contribution in [1.82, 2.24) is 14.7 Å². The van der Waals surface area contributed by atoms with Crippen molar-refractivity contribution in [3.05, 3.63) is 119 Å². The molecule has 0 bridgehead atoms. The molecule has 0 atom stereocenters. The number of methoxy groups -OCH3 is 2. The lowest BCUT2D eigenvalue weighted by Crippen LogP contribution is -2.35. The van der Waals surface area contributed by atoms with Crippen molar-refractivity contribution in [2.45, 2.75) is 45.1 Å². The van der Waals surface area contributed by atoms with E-state index in [0.29, 0.717) is 39.0 Å². The van der Waals surface area contributed by atoms with Crippen molar-refractivity contribution in [3.8, 4) is 11.5 Å². The van der Waals surface area contributed by atoms with Gasteiger partial charge in [-0.15, -0.1) is 0 Å². The van der Waals surface area contributed by atoms with E-state index >= 15 is 0 Å². The second kappa shape index (κ2) is 20.7. The molecule has 290 valence electrons. The van der Waals surface area contributed by atoms with E-state index in [1.165, 1.54) is 0 Å². The fourth-order valence-electron chi connectivity index (χ4n) is 5.92. The van der Waals surface area contributed by atoms with E-state index in [1.54, 1.807) is 24.0 Å². The van der Waals surface area contributed by atoms with Crippen molar-refractivity contribution >= 4 is 23.6 Å². The maximum absolute atomic E-state index is 13.5. The van der Waals surface area contributed by atoms with E-state index < -0.39 is 0 Å². The third kappa shape index (κ3) is 12.9. The van der Waals surface area contributed by atoms with Gasteiger partial charge in [-0.3, -0.25) is 9.80 Å². The predicted octanol–water partition coefficient (Wildman–Crippen LogP) is 7.52. The summed E-state index contributed by atoms with van der Waals surface area (Å²) in [6.45, 7) is 2.02. The van der Waals surface area contributed by atoms with Gasteiger partial charge in [-0.2, -0.15) is 0 Å². The molecule has 0 N–H and O–H groups in total. The molecule has 4 aromatic carbocycles. The minimum atomic E-state index is -0.390. The Hall–Kier alpha value is -5.42. The molecule has 11 nitrogen and oxygen atoms in total. The maximum atomic E-state index is 13.5. The Kier molecular flexibility index (Phi) is 15.9. The largest absolute Gasteiger partial charge is 0.497 e. The first-order valence-electron chi connectivity index (χ1n) is 18.2. The molecule has 0 aromatic heterocycles. The van der Waals surface area contributed by atoms with Crippen LogP contribution in [0.25, 0.3) is 0 Å². The SMILES string of the molecule is COc1ccc(CN(Cc2ccc(N(C)C)cc2)C(=O)OCCC(CCOC(=O)N(Cc2ccc(OC)cc2)Cc2ccc(N(C)C)cc2)N(C)C)cc1. The summed E-state index contributed by atoms with van der Waals surface area (Å²) in [5.74, 6) is 1.51.